The minimum absolute atomic E-state index is 0.135. The molecule has 0 spiro atoms. The predicted octanol–water partition coefficient (Wildman–Crippen LogP) is 4.91. The standard InChI is InChI=1S/C22H24N2O2/c1-14-23-20-13-17(11-12-21(20)24(14)2)15-7-9-16(10-8-15)18-5-3-4-6-19(18)22(25)26/h7-13,18-19H,3-6H2,1-2H3,(H,25,26)/t18-,19?/m0/s1. The highest BCUT2D eigenvalue weighted by molar-refractivity contribution is 5.82. The Morgan fingerprint density at radius 1 is 1.08 bits per heavy atom. The number of aromatic nitrogens is 2. The number of imidazole rings is 1. The van der Waals surface area contributed by atoms with Crippen LogP contribution in [0.25, 0.3) is 22.2 Å². The van der Waals surface area contributed by atoms with Crippen LogP contribution in [-0.2, 0) is 11.8 Å². The van der Waals surface area contributed by atoms with E-state index in [4.69, 9.17) is 0 Å². The zero-order chi connectivity index (χ0) is 18.3. The van der Waals surface area contributed by atoms with Crippen molar-refractivity contribution in [3.63, 3.8) is 0 Å². The maximum Gasteiger partial charge on any atom is 0.307 e. The van der Waals surface area contributed by atoms with Crippen molar-refractivity contribution in [2.45, 2.75) is 38.5 Å². The molecule has 2 aromatic carbocycles. The minimum Gasteiger partial charge on any atom is -0.481 e. The summed E-state index contributed by atoms with van der Waals surface area (Å²) in [5.74, 6) is 0.234. The van der Waals surface area contributed by atoms with Crippen molar-refractivity contribution in [3.8, 4) is 11.1 Å². The lowest BCUT2D eigenvalue weighted by Crippen LogP contribution is -2.25. The summed E-state index contributed by atoms with van der Waals surface area (Å²) in [6.45, 7) is 2.01. The fraction of sp³-hybridized carbons (Fsp3) is 0.364. The largest absolute Gasteiger partial charge is 0.481 e. The fourth-order valence-electron chi connectivity index (χ4n) is 4.25. The van der Waals surface area contributed by atoms with E-state index in [1.807, 2.05) is 14.0 Å². The molecule has 1 aliphatic rings. The van der Waals surface area contributed by atoms with E-state index in [0.717, 1.165) is 59.2 Å². The minimum atomic E-state index is -0.658. The van der Waals surface area contributed by atoms with Crippen molar-refractivity contribution in [3.05, 3.63) is 53.9 Å². The third-order valence-corrected chi connectivity index (χ3v) is 5.86. The average molecular weight is 348 g/mol. The number of hydrogen-bond acceptors (Lipinski definition) is 2. The molecular weight excluding hydrogens is 324 g/mol. The zero-order valence-corrected chi connectivity index (χ0v) is 15.3. The van der Waals surface area contributed by atoms with Gasteiger partial charge in [0.15, 0.2) is 0 Å². The van der Waals surface area contributed by atoms with Crippen LogP contribution in [0, 0.1) is 12.8 Å². The third kappa shape index (κ3) is 2.90. The molecule has 1 aliphatic carbocycles. The number of nitrogens with zero attached hydrogens (tertiary/aromatic N) is 2. The SMILES string of the molecule is Cc1nc2cc(-c3ccc([C@@H]4CCCCC4C(=O)O)cc3)ccc2n1C. The molecule has 4 heteroatoms. The second-order valence-electron chi connectivity index (χ2n) is 7.38. The van der Waals surface area contributed by atoms with Gasteiger partial charge in [0.2, 0.25) is 0 Å². The van der Waals surface area contributed by atoms with Gasteiger partial charge in [-0.3, -0.25) is 4.79 Å². The van der Waals surface area contributed by atoms with Crippen LogP contribution in [0.1, 0.15) is 43.0 Å². The average Bonchev–Trinajstić information content (AvgIpc) is 2.95. The van der Waals surface area contributed by atoms with Gasteiger partial charge in [-0.25, -0.2) is 4.98 Å². The first-order chi connectivity index (χ1) is 12.5. The lowest BCUT2D eigenvalue weighted by atomic mass is 9.75. The zero-order valence-electron chi connectivity index (χ0n) is 15.3. The Morgan fingerprint density at radius 3 is 2.50 bits per heavy atom. The summed E-state index contributed by atoms with van der Waals surface area (Å²) in [5, 5.41) is 9.52. The van der Waals surface area contributed by atoms with Crippen LogP contribution in [-0.4, -0.2) is 20.6 Å². The van der Waals surface area contributed by atoms with Gasteiger partial charge in [-0.2, -0.15) is 0 Å². The summed E-state index contributed by atoms with van der Waals surface area (Å²) in [5.41, 5.74) is 5.57. The molecule has 0 bridgehead atoms. The normalized spacial score (nSPS) is 20.4. The van der Waals surface area contributed by atoms with Gasteiger partial charge in [-0.05, 0) is 54.5 Å². The molecule has 0 amide bonds. The van der Waals surface area contributed by atoms with E-state index in [1.165, 1.54) is 0 Å². The van der Waals surface area contributed by atoms with Crippen molar-refractivity contribution in [2.75, 3.05) is 0 Å². The van der Waals surface area contributed by atoms with Gasteiger partial charge < -0.3 is 9.67 Å². The number of hydrogen-bond donors (Lipinski definition) is 1. The van der Waals surface area contributed by atoms with Crippen LogP contribution in [0.15, 0.2) is 42.5 Å². The molecule has 26 heavy (non-hydrogen) atoms. The lowest BCUT2D eigenvalue weighted by molar-refractivity contribution is -0.143. The molecule has 4 rings (SSSR count). The molecule has 1 N–H and O–H groups in total. The number of aliphatic carboxylic acids is 1. The van der Waals surface area contributed by atoms with Crippen molar-refractivity contribution in [2.24, 2.45) is 13.0 Å². The summed E-state index contributed by atoms with van der Waals surface area (Å²) >= 11 is 0. The Balaban J connectivity index is 1.64. The van der Waals surface area contributed by atoms with Gasteiger partial charge in [-0.15, -0.1) is 0 Å². The van der Waals surface area contributed by atoms with Crippen LogP contribution < -0.4 is 0 Å². The van der Waals surface area contributed by atoms with Gasteiger partial charge in [0.1, 0.15) is 5.82 Å². The van der Waals surface area contributed by atoms with Crippen LogP contribution in [0.5, 0.6) is 0 Å². The van der Waals surface area contributed by atoms with Crippen molar-refractivity contribution in [1.29, 1.82) is 0 Å². The number of aryl methyl sites for hydroxylation is 2. The first-order valence-corrected chi connectivity index (χ1v) is 9.31. The smallest absolute Gasteiger partial charge is 0.307 e. The molecule has 1 aromatic heterocycles. The van der Waals surface area contributed by atoms with Crippen LogP contribution in [0.3, 0.4) is 0 Å². The fourth-order valence-corrected chi connectivity index (χ4v) is 4.25. The molecule has 1 saturated carbocycles. The Bertz CT molecular complexity index is 956. The van der Waals surface area contributed by atoms with Gasteiger partial charge in [0, 0.05) is 7.05 Å². The quantitative estimate of drug-likeness (QED) is 0.732. The van der Waals surface area contributed by atoms with Gasteiger partial charge in [-0.1, -0.05) is 43.2 Å². The lowest BCUT2D eigenvalue weighted by Gasteiger charge is -2.29. The summed E-state index contributed by atoms with van der Waals surface area (Å²) in [7, 11) is 2.03. The summed E-state index contributed by atoms with van der Waals surface area (Å²) in [6.07, 6.45) is 3.90. The highest BCUT2D eigenvalue weighted by Crippen LogP contribution is 2.38. The molecule has 1 heterocycles. The van der Waals surface area contributed by atoms with E-state index in [1.54, 1.807) is 0 Å². The predicted molar refractivity (Wildman–Crippen MR) is 103 cm³/mol. The van der Waals surface area contributed by atoms with E-state index in [2.05, 4.69) is 52.0 Å². The van der Waals surface area contributed by atoms with Crippen molar-refractivity contribution < 1.29 is 9.90 Å². The molecule has 1 unspecified atom stereocenters. The molecule has 1 fully saturated rings. The molecule has 4 nitrogen and oxygen atoms in total. The number of fused-ring (bicyclic) bond motifs is 1. The number of rotatable bonds is 3. The Morgan fingerprint density at radius 2 is 1.77 bits per heavy atom. The summed E-state index contributed by atoms with van der Waals surface area (Å²) < 4.78 is 2.09. The van der Waals surface area contributed by atoms with Crippen molar-refractivity contribution >= 4 is 17.0 Å². The molecule has 0 radical (unpaired) electrons. The maximum absolute atomic E-state index is 11.6. The molecule has 2 atom stereocenters. The van der Waals surface area contributed by atoms with Gasteiger partial charge >= 0.3 is 5.97 Å². The van der Waals surface area contributed by atoms with Gasteiger partial charge in [0.25, 0.3) is 0 Å². The third-order valence-electron chi connectivity index (χ3n) is 5.86. The highest BCUT2D eigenvalue weighted by Gasteiger charge is 2.31. The first kappa shape index (κ1) is 16.8. The molecule has 0 aliphatic heterocycles. The molecular formula is C22H24N2O2. The van der Waals surface area contributed by atoms with Crippen LogP contribution in [0.2, 0.25) is 0 Å². The van der Waals surface area contributed by atoms with Crippen LogP contribution in [0.4, 0.5) is 0 Å². The van der Waals surface area contributed by atoms with E-state index in [-0.39, 0.29) is 11.8 Å². The second-order valence-corrected chi connectivity index (χ2v) is 7.38. The van der Waals surface area contributed by atoms with Crippen LogP contribution >= 0.6 is 0 Å². The van der Waals surface area contributed by atoms with E-state index in [9.17, 15) is 9.90 Å². The van der Waals surface area contributed by atoms with Gasteiger partial charge in [0.05, 0.1) is 17.0 Å². The molecule has 0 saturated heterocycles. The highest BCUT2D eigenvalue weighted by atomic mass is 16.4. The molecule has 134 valence electrons. The topological polar surface area (TPSA) is 55.1 Å². The van der Waals surface area contributed by atoms with E-state index < -0.39 is 5.97 Å². The van der Waals surface area contributed by atoms with E-state index in [0.29, 0.717) is 0 Å². The second kappa shape index (κ2) is 6.60. The number of carboxylic acid groups (broad SMARTS) is 1. The Kier molecular flexibility index (Phi) is 4.27. The van der Waals surface area contributed by atoms with Crippen molar-refractivity contribution in [1.82, 2.24) is 9.55 Å². The summed E-state index contributed by atoms with van der Waals surface area (Å²) in [6, 6.07) is 14.8. The molecule has 3 aromatic rings. The van der Waals surface area contributed by atoms with E-state index >= 15 is 0 Å². The Hall–Kier alpha value is -2.62. The first-order valence-electron chi connectivity index (χ1n) is 9.31. The number of carboxylic acids is 1. The Labute approximate surface area is 153 Å². The summed E-state index contributed by atoms with van der Waals surface area (Å²) in [4.78, 5) is 16.2. The number of benzene rings is 2. The maximum atomic E-state index is 11.6. The monoisotopic (exact) mass is 348 g/mol. The number of carbonyl (C=O) groups is 1.